The Hall–Kier alpha value is -1.73. The molecule has 0 aliphatic carbocycles. The molecule has 0 atom stereocenters. The molecule has 0 radical (unpaired) electrons. The summed E-state index contributed by atoms with van der Waals surface area (Å²) in [6.45, 7) is -0.572. The van der Waals surface area contributed by atoms with Gasteiger partial charge in [-0.25, -0.2) is 9.82 Å². The highest BCUT2D eigenvalue weighted by atomic mass is 79.9. The molecule has 0 bridgehead atoms. The molecular formula is C15H11Br2FN2O2. The van der Waals surface area contributed by atoms with E-state index in [0.29, 0.717) is 21.2 Å². The zero-order valence-corrected chi connectivity index (χ0v) is 14.4. The van der Waals surface area contributed by atoms with Gasteiger partial charge in [0, 0.05) is 15.6 Å². The number of phenolic OH excluding ortho intramolecular Hbond substituents is 1. The van der Waals surface area contributed by atoms with Gasteiger partial charge in [0.1, 0.15) is 12.4 Å². The number of hydrazone groups is 1. The topological polar surface area (TPSA) is 61.7 Å². The summed E-state index contributed by atoms with van der Waals surface area (Å²) in [6.07, 6.45) is 1.33. The number of hydrogen-bond donors (Lipinski definition) is 2. The van der Waals surface area contributed by atoms with Gasteiger partial charge < -0.3 is 5.11 Å². The van der Waals surface area contributed by atoms with Crippen molar-refractivity contribution >= 4 is 44.0 Å². The first kappa shape index (κ1) is 16.6. The third kappa shape index (κ3) is 4.14. The molecule has 0 aliphatic rings. The number of nitrogens with one attached hydrogen (secondary N) is 1. The zero-order chi connectivity index (χ0) is 16.1. The largest absolute Gasteiger partial charge is 0.506 e. The fraction of sp³-hybridized carbons (Fsp3) is 0.0667. The lowest BCUT2D eigenvalue weighted by atomic mass is 10.1. The van der Waals surface area contributed by atoms with E-state index in [1.807, 2.05) is 0 Å². The Morgan fingerprint density at radius 3 is 2.59 bits per heavy atom. The van der Waals surface area contributed by atoms with E-state index in [1.165, 1.54) is 30.5 Å². The summed E-state index contributed by atoms with van der Waals surface area (Å²) in [4.78, 5) is 11.9. The Kier molecular flexibility index (Phi) is 5.68. The van der Waals surface area contributed by atoms with Crippen LogP contribution in [-0.4, -0.2) is 17.2 Å². The minimum atomic E-state index is -0.572. The van der Waals surface area contributed by atoms with Crippen LogP contribution in [0.2, 0.25) is 0 Å². The number of hydrogen-bond acceptors (Lipinski definition) is 3. The number of nitrogens with zero attached hydrogens (tertiary/aromatic N) is 1. The molecule has 0 heterocycles. The molecule has 2 N–H and O–H groups in total. The smallest absolute Gasteiger partial charge is 0.271 e. The van der Waals surface area contributed by atoms with Crippen molar-refractivity contribution in [3.05, 3.63) is 62.0 Å². The first-order valence-corrected chi connectivity index (χ1v) is 7.76. The minimum absolute atomic E-state index is 0.0218. The maximum absolute atomic E-state index is 12.4. The number of alkyl halides is 1. The maximum Gasteiger partial charge on any atom is 0.271 e. The van der Waals surface area contributed by atoms with Gasteiger partial charge in [-0.3, -0.25) is 4.79 Å². The van der Waals surface area contributed by atoms with Crippen LogP contribution in [0.4, 0.5) is 4.39 Å². The molecule has 0 spiro atoms. The Balaban J connectivity index is 2.07. The summed E-state index contributed by atoms with van der Waals surface area (Å²) in [7, 11) is 0. The van der Waals surface area contributed by atoms with Crippen molar-refractivity contribution in [1.29, 1.82) is 0 Å². The fourth-order valence-electron chi connectivity index (χ4n) is 1.65. The van der Waals surface area contributed by atoms with Gasteiger partial charge in [-0.1, -0.05) is 28.1 Å². The van der Waals surface area contributed by atoms with Gasteiger partial charge in [-0.2, -0.15) is 5.10 Å². The number of rotatable bonds is 4. The molecule has 22 heavy (non-hydrogen) atoms. The third-order valence-corrected chi connectivity index (χ3v) is 3.86. The second-order valence-electron chi connectivity index (χ2n) is 4.36. The number of phenols is 1. The van der Waals surface area contributed by atoms with Crippen molar-refractivity contribution in [2.24, 2.45) is 5.10 Å². The zero-order valence-electron chi connectivity index (χ0n) is 11.2. The second-order valence-corrected chi connectivity index (χ2v) is 6.13. The predicted molar refractivity (Wildman–Crippen MR) is 89.8 cm³/mol. The highest BCUT2D eigenvalue weighted by Crippen LogP contribution is 2.30. The van der Waals surface area contributed by atoms with Crippen LogP contribution in [0.1, 0.15) is 21.5 Å². The molecule has 0 fully saturated rings. The van der Waals surface area contributed by atoms with Crippen molar-refractivity contribution in [3.63, 3.8) is 0 Å². The van der Waals surface area contributed by atoms with Crippen molar-refractivity contribution < 1.29 is 14.3 Å². The lowest BCUT2D eigenvalue weighted by Gasteiger charge is -2.03. The molecule has 0 aliphatic heterocycles. The standard InChI is InChI=1S/C15H11Br2FN2O2/c16-12-5-11(14(21)13(17)6-12)8-19-20-15(22)10-3-1-9(7-18)2-4-10/h1-6,8,21H,7H2,(H,20,22)/b19-8-. The minimum Gasteiger partial charge on any atom is -0.506 e. The lowest BCUT2D eigenvalue weighted by Crippen LogP contribution is -2.17. The molecule has 7 heteroatoms. The number of carbonyl (C=O) groups excluding carboxylic acids is 1. The summed E-state index contributed by atoms with van der Waals surface area (Å²) < 4.78 is 13.7. The van der Waals surface area contributed by atoms with Gasteiger partial charge in [-0.15, -0.1) is 0 Å². The van der Waals surface area contributed by atoms with E-state index in [9.17, 15) is 14.3 Å². The Morgan fingerprint density at radius 1 is 1.27 bits per heavy atom. The summed E-state index contributed by atoms with van der Waals surface area (Å²) in [5.74, 6) is -0.399. The van der Waals surface area contributed by atoms with Gasteiger partial charge in [0.2, 0.25) is 0 Å². The van der Waals surface area contributed by atoms with Gasteiger partial charge in [0.15, 0.2) is 0 Å². The van der Waals surface area contributed by atoms with E-state index in [0.717, 1.165) is 4.47 Å². The van der Waals surface area contributed by atoms with Crippen molar-refractivity contribution in [3.8, 4) is 5.75 Å². The highest BCUT2D eigenvalue weighted by molar-refractivity contribution is 9.11. The van der Waals surface area contributed by atoms with Crippen LogP contribution < -0.4 is 5.43 Å². The summed E-state index contributed by atoms with van der Waals surface area (Å²) >= 11 is 6.51. The molecule has 2 aromatic carbocycles. The number of carbonyl (C=O) groups is 1. The average molecular weight is 430 g/mol. The SMILES string of the molecule is O=C(N/N=C\c1cc(Br)cc(Br)c1O)c1ccc(CF)cc1. The van der Waals surface area contributed by atoms with Crippen molar-refractivity contribution in [2.75, 3.05) is 0 Å². The van der Waals surface area contributed by atoms with E-state index < -0.39 is 12.6 Å². The molecule has 0 unspecified atom stereocenters. The molecule has 0 saturated heterocycles. The van der Waals surface area contributed by atoms with Crippen LogP contribution >= 0.6 is 31.9 Å². The summed E-state index contributed by atoms with van der Waals surface area (Å²) in [5, 5.41) is 13.7. The van der Waals surface area contributed by atoms with Crippen molar-refractivity contribution in [1.82, 2.24) is 5.43 Å². The normalized spacial score (nSPS) is 10.9. The van der Waals surface area contributed by atoms with Gasteiger partial charge >= 0.3 is 0 Å². The van der Waals surface area contributed by atoms with E-state index in [-0.39, 0.29) is 5.75 Å². The molecular weight excluding hydrogens is 419 g/mol. The first-order valence-electron chi connectivity index (χ1n) is 6.17. The Labute approximate surface area is 143 Å². The molecule has 4 nitrogen and oxygen atoms in total. The Bertz CT molecular complexity index is 718. The van der Waals surface area contributed by atoms with E-state index in [4.69, 9.17) is 0 Å². The molecule has 114 valence electrons. The molecule has 1 amide bonds. The highest BCUT2D eigenvalue weighted by Gasteiger charge is 2.06. The number of halogens is 3. The van der Waals surface area contributed by atoms with E-state index in [1.54, 1.807) is 12.1 Å². The number of benzene rings is 2. The van der Waals surface area contributed by atoms with Gasteiger partial charge in [0.05, 0.1) is 10.7 Å². The van der Waals surface area contributed by atoms with Gasteiger partial charge in [-0.05, 0) is 45.8 Å². The second kappa shape index (κ2) is 7.51. The number of amides is 1. The van der Waals surface area contributed by atoms with Gasteiger partial charge in [0.25, 0.3) is 5.91 Å². The Morgan fingerprint density at radius 2 is 1.95 bits per heavy atom. The van der Waals surface area contributed by atoms with Crippen LogP contribution in [-0.2, 0) is 6.67 Å². The average Bonchev–Trinajstić information content (AvgIpc) is 2.51. The predicted octanol–water partition coefficient (Wildman–Crippen LogP) is 4.15. The quantitative estimate of drug-likeness (QED) is 0.566. The van der Waals surface area contributed by atoms with Crippen molar-refractivity contribution in [2.45, 2.75) is 6.67 Å². The maximum atomic E-state index is 12.4. The molecule has 2 rings (SSSR count). The first-order chi connectivity index (χ1) is 10.5. The molecule has 0 aromatic heterocycles. The van der Waals surface area contributed by atoms with Crippen LogP contribution in [0, 0.1) is 0 Å². The lowest BCUT2D eigenvalue weighted by molar-refractivity contribution is 0.0955. The molecule has 2 aromatic rings. The van der Waals surface area contributed by atoms with Crippen LogP contribution in [0.15, 0.2) is 50.4 Å². The molecule has 0 saturated carbocycles. The third-order valence-electron chi connectivity index (χ3n) is 2.80. The van der Waals surface area contributed by atoms with Crippen LogP contribution in [0.5, 0.6) is 5.75 Å². The van der Waals surface area contributed by atoms with Crippen LogP contribution in [0.25, 0.3) is 0 Å². The van der Waals surface area contributed by atoms with E-state index in [2.05, 4.69) is 42.4 Å². The van der Waals surface area contributed by atoms with E-state index >= 15 is 0 Å². The number of aromatic hydroxyl groups is 1. The monoisotopic (exact) mass is 428 g/mol. The summed E-state index contributed by atoms with van der Waals surface area (Å²) in [5.41, 5.74) is 3.66. The summed E-state index contributed by atoms with van der Waals surface area (Å²) in [6, 6.07) is 9.47. The fourth-order valence-corrected chi connectivity index (χ4v) is 2.91. The van der Waals surface area contributed by atoms with Crippen LogP contribution in [0.3, 0.4) is 0 Å².